The maximum atomic E-state index is 11.4. The lowest BCUT2D eigenvalue weighted by atomic mass is 10.1. The van der Waals surface area contributed by atoms with Gasteiger partial charge < -0.3 is 20.3 Å². The topological polar surface area (TPSA) is 94.4 Å². The van der Waals surface area contributed by atoms with E-state index < -0.39 is 24.5 Å². The third kappa shape index (κ3) is 7.05. The molecule has 3 N–H and O–H groups in total. The average Bonchev–Trinajstić information content (AvgIpc) is 2.95. The fourth-order valence-electron chi connectivity index (χ4n) is 2.74. The second-order valence-electron chi connectivity index (χ2n) is 6.03. The molecule has 0 aromatic heterocycles. The lowest BCUT2D eigenvalue weighted by Gasteiger charge is -2.24. The number of aliphatic imine (C=N–C) groups is 1. The molecule has 0 aromatic rings. The fraction of sp³-hybridized carbons (Fsp3) is 0.789. The summed E-state index contributed by atoms with van der Waals surface area (Å²) in [4.78, 5) is 16.9. The molecule has 1 aliphatic rings. The van der Waals surface area contributed by atoms with Crippen LogP contribution in [0.3, 0.4) is 0 Å². The van der Waals surface area contributed by atoms with Crippen molar-refractivity contribution < 1.29 is 19.7 Å². The lowest BCUT2D eigenvalue weighted by molar-refractivity contribution is -0.131. The van der Waals surface area contributed by atoms with Gasteiger partial charge in [-0.1, -0.05) is 40.5 Å². The molecule has 4 unspecified atom stereocenters. The van der Waals surface area contributed by atoms with Gasteiger partial charge in [-0.2, -0.15) is 0 Å². The zero-order chi connectivity index (χ0) is 20.1. The molecule has 1 amide bonds. The first-order valence-corrected chi connectivity index (χ1v) is 9.63. The Hall–Kier alpha value is -1.44. The Labute approximate surface area is 158 Å². The van der Waals surface area contributed by atoms with Crippen LogP contribution in [0.5, 0.6) is 0 Å². The van der Waals surface area contributed by atoms with Crippen molar-refractivity contribution in [1.29, 1.82) is 0 Å². The van der Waals surface area contributed by atoms with Crippen molar-refractivity contribution in [2.45, 2.75) is 84.8 Å². The summed E-state index contributed by atoms with van der Waals surface area (Å²) in [7, 11) is 1.68. The first-order valence-electron chi connectivity index (χ1n) is 9.63. The molecule has 0 bridgehead atoms. The van der Waals surface area contributed by atoms with Gasteiger partial charge in [-0.3, -0.25) is 14.7 Å². The molecule has 1 rings (SSSR count). The van der Waals surface area contributed by atoms with Crippen LogP contribution in [0, 0.1) is 0 Å². The molecule has 0 saturated carbocycles. The monoisotopic (exact) mass is 371 g/mol. The second-order valence-corrected chi connectivity index (χ2v) is 6.03. The van der Waals surface area contributed by atoms with E-state index in [1.54, 1.807) is 13.2 Å². The van der Waals surface area contributed by atoms with Crippen molar-refractivity contribution in [3.8, 4) is 0 Å². The van der Waals surface area contributed by atoms with Crippen molar-refractivity contribution >= 4 is 12.2 Å². The van der Waals surface area contributed by atoms with E-state index in [1.807, 2.05) is 27.7 Å². The summed E-state index contributed by atoms with van der Waals surface area (Å²) >= 11 is 0. The summed E-state index contributed by atoms with van der Waals surface area (Å²) in [5, 5.41) is 23.3. The predicted molar refractivity (Wildman–Crippen MR) is 105 cm³/mol. The number of nitrogens with zero attached hydrogens (tertiary/aromatic N) is 2. The number of hydrogen-bond donors (Lipinski definition) is 3. The Kier molecular flexibility index (Phi) is 13.0. The Bertz CT molecular complexity index is 454. The van der Waals surface area contributed by atoms with Gasteiger partial charge in [0.2, 0.25) is 6.41 Å². The van der Waals surface area contributed by atoms with Gasteiger partial charge in [0.05, 0.1) is 6.10 Å². The van der Waals surface area contributed by atoms with Crippen LogP contribution in [0.4, 0.5) is 0 Å². The molecule has 1 heterocycles. The number of amides is 1. The number of nitrogens with one attached hydrogen (secondary N) is 1. The summed E-state index contributed by atoms with van der Waals surface area (Å²) in [6.07, 6.45) is 2.57. The molecule has 26 heavy (non-hydrogen) atoms. The molecule has 4 atom stereocenters. The van der Waals surface area contributed by atoms with E-state index in [0.717, 1.165) is 31.4 Å². The predicted octanol–water partition coefficient (Wildman–Crippen LogP) is 2.04. The van der Waals surface area contributed by atoms with E-state index in [0.29, 0.717) is 18.7 Å². The van der Waals surface area contributed by atoms with Crippen molar-refractivity contribution in [2.24, 2.45) is 4.99 Å². The fourth-order valence-corrected chi connectivity index (χ4v) is 2.74. The van der Waals surface area contributed by atoms with Crippen LogP contribution < -0.4 is 5.32 Å². The number of carbonyl (C=O) groups is 1. The van der Waals surface area contributed by atoms with Gasteiger partial charge in [0.15, 0.2) is 6.23 Å². The van der Waals surface area contributed by atoms with E-state index in [4.69, 9.17) is 4.74 Å². The highest BCUT2D eigenvalue weighted by Crippen LogP contribution is 2.25. The highest BCUT2D eigenvalue weighted by Gasteiger charge is 2.44. The van der Waals surface area contributed by atoms with Gasteiger partial charge >= 0.3 is 0 Å². The summed E-state index contributed by atoms with van der Waals surface area (Å²) in [5.74, 6) is 0.693. The van der Waals surface area contributed by atoms with Crippen molar-refractivity contribution in [3.63, 3.8) is 0 Å². The van der Waals surface area contributed by atoms with Crippen LogP contribution in [0.15, 0.2) is 16.8 Å². The normalized spacial score (nSPS) is 26.2. The average molecular weight is 372 g/mol. The van der Waals surface area contributed by atoms with E-state index in [2.05, 4.69) is 17.2 Å². The number of unbranched alkanes of at least 4 members (excludes halogenated alkanes) is 2. The number of amidine groups is 1. The number of aliphatic hydroxyl groups is 2. The molecular formula is C19H37N3O4. The molecule has 7 nitrogen and oxygen atoms in total. The van der Waals surface area contributed by atoms with Gasteiger partial charge in [-0.15, -0.1) is 0 Å². The molecule has 1 fully saturated rings. The Morgan fingerprint density at radius 2 is 1.88 bits per heavy atom. The minimum absolute atomic E-state index is 0.479. The minimum Gasteiger partial charge on any atom is -0.388 e. The van der Waals surface area contributed by atoms with Gasteiger partial charge in [0.1, 0.15) is 18.0 Å². The summed E-state index contributed by atoms with van der Waals surface area (Å²) in [5.41, 5.74) is 0.756. The zero-order valence-corrected chi connectivity index (χ0v) is 17.1. The van der Waals surface area contributed by atoms with Crippen molar-refractivity contribution in [3.05, 3.63) is 11.8 Å². The first kappa shape index (κ1) is 24.6. The Morgan fingerprint density at radius 1 is 1.23 bits per heavy atom. The lowest BCUT2D eigenvalue weighted by Crippen LogP contribution is -2.41. The van der Waals surface area contributed by atoms with Crippen LogP contribution in [0.25, 0.3) is 0 Å². The SMILES string of the molecule is CC.CCCCCNC(=NC)/C(C)=C\N(C=O)C1OC(CC)C(O)C1O. The maximum absolute atomic E-state index is 11.4. The summed E-state index contributed by atoms with van der Waals surface area (Å²) in [6, 6.07) is 0. The van der Waals surface area contributed by atoms with Crippen molar-refractivity contribution in [1.82, 2.24) is 10.2 Å². The van der Waals surface area contributed by atoms with Crippen LogP contribution >= 0.6 is 0 Å². The van der Waals surface area contributed by atoms with Gasteiger partial charge in [0, 0.05) is 25.4 Å². The largest absolute Gasteiger partial charge is 0.388 e. The molecular weight excluding hydrogens is 334 g/mol. The molecule has 7 heteroatoms. The minimum atomic E-state index is -1.14. The third-order valence-corrected chi connectivity index (χ3v) is 4.17. The van der Waals surface area contributed by atoms with Crippen LogP contribution in [0.2, 0.25) is 0 Å². The van der Waals surface area contributed by atoms with Crippen LogP contribution in [-0.2, 0) is 9.53 Å². The van der Waals surface area contributed by atoms with Crippen molar-refractivity contribution in [2.75, 3.05) is 13.6 Å². The summed E-state index contributed by atoms with van der Waals surface area (Å²) < 4.78 is 5.61. The molecule has 0 aliphatic carbocycles. The second kappa shape index (κ2) is 13.7. The molecule has 0 spiro atoms. The molecule has 152 valence electrons. The quantitative estimate of drug-likeness (QED) is 0.250. The summed E-state index contributed by atoms with van der Waals surface area (Å²) in [6.45, 7) is 10.6. The van der Waals surface area contributed by atoms with E-state index in [9.17, 15) is 15.0 Å². The number of ether oxygens (including phenoxy) is 1. The smallest absolute Gasteiger partial charge is 0.215 e. The van der Waals surface area contributed by atoms with E-state index in [-0.39, 0.29) is 0 Å². The van der Waals surface area contributed by atoms with Gasteiger partial charge in [-0.05, 0) is 19.8 Å². The third-order valence-electron chi connectivity index (χ3n) is 4.17. The number of rotatable bonds is 9. The Balaban J connectivity index is 0.00000301. The maximum Gasteiger partial charge on any atom is 0.215 e. The van der Waals surface area contributed by atoms with Crippen LogP contribution in [-0.4, -0.2) is 65.5 Å². The number of carbonyl (C=O) groups excluding carboxylic acids is 1. The molecule has 1 saturated heterocycles. The standard InChI is InChI=1S/C17H31N3O4.C2H6/c1-5-7-8-9-19-16(18-4)12(3)10-20(11-21)17-15(23)14(22)13(6-2)24-17;1-2/h10-11,13-15,17,22-23H,5-9H2,1-4H3,(H,18,19);1-2H3/b12-10-;. The zero-order valence-electron chi connectivity index (χ0n) is 17.1. The highest BCUT2D eigenvalue weighted by molar-refractivity contribution is 5.97. The van der Waals surface area contributed by atoms with Gasteiger partial charge in [0.25, 0.3) is 0 Å². The van der Waals surface area contributed by atoms with Crippen LogP contribution in [0.1, 0.15) is 60.3 Å². The number of hydrogen-bond acceptors (Lipinski definition) is 5. The first-order chi connectivity index (χ1) is 12.5. The van der Waals surface area contributed by atoms with Gasteiger partial charge in [-0.25, -0.2) is 0 Å². The van der Waals surface area contributed by atoms with E-state index >= 15 is 0 Å². The number of aliphatic hydroxyl groups excluding tert-OH is 2. The molecule has 0 aromatic carbocycles. The molecule has 0 radical (unpaired) electrons. The Morgan fingerprint density at radius 3 is 2.35 bits per heavy atom. The molecule has 1 aliphatic heterocycles. The van der Waals surface area contributed by atoms with E-state index in [1.165, 1.54) is 4.90 Å². The highest BCUT2D eigenvalue weighted by atomic mass is 16.6.